The largest absolute Gasteiger partial charge is 0.0619 e. The van der Waals surface area contributed by atoms with Gasteiger partial charge in [0.15, 0.2) is 0 Å². The number of aryl methyl sites for hydroxylation is 2. The summed E-state index contributed by atoms with van der Waals surface area (Å²) in [5, 5.41) is 2.80. The standard InChI is InChI=1S/C26H20/c1-15-11-18-13-19-12-16(2)23-14-17-7-3-4-9-21(17)26(23)25(19)24(18)22-10-6-5-8-20(15)22/h3-12H,13-14H2,1-2H3. The summed E-state index contributed by atoms with van der Waals surface area (Å²) < 4.78 is 0. The van der Waals surface area contributed by atoms with Gasteiger partial charge in [0.05, 0.1) is 0 Å². The Balaban J connectivity index is 1.79. The summed E-state index contributed by atoms with van der Waals surface area (Å²) in [5.74, 6) is 0. The molecule has 0 heterocycles. The molecule has 6 rings (SSSR count). The minimum absolute atomic E-state index is 1.06. The maximum atomic E-state index is 2.45. The van der Waals surface area contributed by atoms with E-state index in [1.54, 1.807) is 0 Å². The molecule has 0 amide bonds. The summed E-state index contributed by atoms with van der Waals surface area (Å²) in [6.07, 6.45) is 2.14. The van der Waals surface area contributed by atoms with Crippen molar-refractivity contribution < 1.29 is 0 Å². The Morgan fingerprint density at radius 3 is 2.15 bits per heavy atom. The summed E-state index contributed by atoms with van der Waals surface area (Å²) in [5.41, 5.74) is 14.8. The lowest BCUT2D eigenvalue weighted by molar-refractivity contribution is 1.19. The molecule has 4 aromatic carbocycles. The van der Waals surface area contributed by atoms with Crippen LogP contribution < -0.4 is 0 Å². The zero-order valence-corrected chi connectivity index (χ0v) is 15.2. The first-order chi connectivity index (χ1) is 12.7. The molecule has 0 spiro atoms. The molecule has 4 aromatic rings. The molecule has 0 saturated heterocycles. The minimum atomic E-state index is 1.06. The molecule has 0 radical (unpaired) electrons. The first-order valence-electron chi connectivity index (χ1n) is 9.47. The molecule has 0 bridgehead atoms. The van der Waals surface area contributed by atoms with E-state index < -0.39 is 0 Å². The molecule has 0 aromatic heterocycles. The fourth-order valence-corrected chi connectivity index (χ4v) is 5.26. The smallest absolute Gasteiger partial charge is 0.00106 e. The zero-order chi connectivity index (χ0) is 17.4. The SMILES string of the molecule is Cc1cc2c(c3c1Cc1ccccc1-3)-c1c(cc(C)c3ccccc13)C2. The highest BCUT2D eigenvalue weighted by Gasteiger charge is 2.31. The molecule has 0 unspecified atom stereocenters. The molecule has 0 nitrogen and oxygen atoms in total. The van der Waals surface area contributed by atoms with Crippen LogP contribution in [0.15, 0.2) is 60.7 Å². The van der Waals surface area contributed by atoms with Gasteiger partial charge in [0.2, 0.25) is 0 Å². The van der Waals surface area contributed by atoms with Gasteiger partial charge in [0.1, 0.15) is 0 Å². The highest BCUT2D eigenvalue weighted by molar-refractivity contribution is 6.07. The van der Waals surface area contributed by atoms with E-state index in [1.807, 2.05) is 0 Å². The molecule has 2 aliphatic carbocycles. The predicted molar refractivity (Wildman–Crippen MR) is 110 cm³/mol. The van der Waals surface area contributed by atoms with Crippen molar-refractivity contribution in [1.29, 1.82) is 0 Å². The van der Waals surface area contributed by atoms with Gasteiger partial charge in [-0.25, -0.2) is 0 Å². The Hall–Kier alpha value is -2.86. The Morgan fingerprint density at radius 2 is 1.27 bits per heavy atom. The van der Waals surface area contributed by atoms with E-state index in [2.05, 4.69) is 74.5 Å². The molecule has 0 N–H and O–H groups in total. The Kier molecular flexibility index (Phi) is 2.68. The first-order valence-corrected chi connectivity index (χ1v) is 9.47. The van der Waals surface area contributed by atoms with Crippen molar-refractivity contribution in [2.24, 2.45) is 0 Å². The summed E-state index contributed by atoms with van der Waals surface area (Å²) >= 11 is 0. The molecule has 26 heavy (non-hydrogen) atoms. The first kappa shape index (κ1) is 14.3. The van der Waals surface area contributed by atoms with E-state index in [0.717, 1.165) is 12.8 Å². The second-order valence-corrected chi connectivity index (χ2v) is 7.87. The molecule has 0 heteroatoms. The summed E-state index contributed by atoms with van der Waals surface area (Å²) in [7, 11) is 0. The number of hydrogen-bond acceptors (Lipinski definition) is 0. The van der Waals surface area contributed by atoms with Crippen LogP contribution in [0.5, 0.6) is 0 Å². The normalized spacial score (nSPS) is 13.5. The van der Waals surface area contributed by atoms with Crippen LogP contribution in [-0.4, -0.2) is 0 Å². The molecular weight excluding hydrogens is 312 g/mol. The van der Waals surface area contributed by atoms with Gasteiger partial charge < -0.3 is 0 Å². The minimum Gasteiger partial charge on any atom is -0.0619 e. The molecule has 0 fully saturated rings. The van der Waals surface area contributed by atoms with Gasteiger partial charge in [-0.3, -0.25) is 0 Å². The predicted octanol–water partition coefficient (Wildman–Crippen LogP) is 6.60. The highest BCUT2D eigenvalue weighted by atomic mass is 14.3. The van der Waals surface area contributed by atoms with Gasteiger partial charge in [-0.15, -0.1) is 0 Å². The fraction of sp³-hybridized carbons (Fsp3) is 0.154. The number of rotatable bonds is 0. The van der Waals surface area contributed by atoms with Crippen LogP contribution in [0, 0.1) is 13.8 Å². The van der Waals surface area contributed by atoms with Gasteiger partial charge in [-0.05, 0) is 93.1 Å². The fourth-order valence-electron chi connectivity index (χ4n) is 5.26. The van der Waals surface area contributed by atoms with E-state index in [1.165, 1.54) is 66.4 Å². The lowest BCUT2D eigenvalue weighted by atomic mass is 9.88. The lowest BCUT2D eigenvalue weighted by Gasteiger charge is -2.15. The van der Waals surface area contributed by atoms with Crippen molar-refractivity contribution in [2.45, 2.75) is 26.7 Å². The molecule has 0 aliphatic heterocycles. The van der Waals surface area contributed by atoms with E-state index in [4.69, 9.17) is 0 Å². The number of fused-ring (bicyclic) bond motifs is 9. The average molecular weight is 332 g/mol. The van der Waals surface area contributed by atoms with Gasteiger partial charge in [-0.1, -0.05) is 60.7 Å². The summed E-state index contributed by atoms with van der Waals surface area (Å²) in [6, 6.07) is 22.8. The zero-order valence-electron chi connectivity index (χ0n) is 15.2. The molecule has 0 atom stereocenters. The third kappa shape index (κ3) is 1.69. The third-order valence-corrected chi connectivity index (χ3v) is 6.36. The maximum absolute atomic E-state index is 2.45. The van der Waals surface area contributed by atoms with Crippen LogP contribution in [0.3, 0.4) is 0 Å². The topological polar surface area (TPSA) is 0 Å². The van der Waals surface area contributed by atoms with Gasteiger partial charge in [-0.2, -0.15) is 0 Å². The maximum Gasteiger partial charge on any atom is -0.00106 e. The third-order valence-electron chi connectivity index (χ3n) is 6.36. The van der Waals surface area contributed by atoms with Gasteiger partial charge in [0, 0.05) is 0 Å². The van der Waals surface area contributed by atoms with Gasteiger partial charge in [0.25, 0.3) is 0 Å². The quantitative estimate of drug-likeness (QED) is 0.294. The van der Waals surface area contributed by atoms with E-state index in [9.17, 15) is 0 Å². The monoisotopic (exact) mass is 332 g/mol. The molecular formula is C26H20. The van der Waals surface area contributed by atoms with Crippen LogP contribution in [0.1, 0.15) is 33.4 Å². The molecule has 0 saturated carbocycles. The van der Waals surface area contributed by atoms with E-state index in [0.29, 0.717) is 0 Å². The molecule has 124 valence electrons. The van der Waals surface area contributed by atoms with Crippen LogP contribution in [0.2, 0.25) is 0 Å². The van der Waals surface area contributed by atoms with Crippen LogP contribution in [0.4, 0.5) is 0 Å². The van der Waals surface area contributed by atoms with Crippen molar-refractivity contribution >= 4 is 10.8 Å². The van der Waals surface area contributed by atoms with Crippen molar-refractivity contribution in [3.05, 3.63) is 94.0 Å². The van der Waals surface area contributed by atoms with Crippen LogP contribution >= 0.6 is 0 Å². The van der Waals surface area contributed by atoms with Crippen molar-refractivity contribution in [3.8, 4) is 22.3 Å². The van der Waals surface area contributed by atoms with Crippen molar-refractivity contribution in [2.75, 3.05) is 0 Å². The summed E-state index contributed by atoms with van der Waals surface area (Å²) in [6.45, 7) is 4.54. The van der Waals surface area contributed by atoms with Crippen molar-refractivity contribution in [1.82, 2.24) is 0 Å². The second kappa shape index (κ2) is 4.86. The van der Waals surface area contributed by atoms with E-state index >= 15 is 0 Å². The highest BCUT2D eigenvalue weighted by Crippen LogP contribution is 2.52. The Bertz CT molecular complexity index is 1240. The Labute approximate surface area is 154 Å². The number of benzene rings is 4. The lowest BCUT2D eigenvalue weighted by Crippen LogP contribution is -1.92. The Morgan fingerprint density at radius 1 is 0.577 bits per heavy atom. The average Bonchev–Trinajstić information content (AvgIpc) is 3.20. The number of hydrogen-bond donors (Lipinski definition) is 0. The second-order valence-electron chi connectivity index (χ2n) is 7.87. The van der Waals surface area contributed by atoms with Crippen molar-refractivity contribution in [3.63, 3.8) is 0 Å². The molecule has 2 aliphatic rings. The van der Waals surface area contributed by atoms with E-state index in [-0.39, 0.29) is 0 Å². The van der Waals surface area contributed by atoms with Crippen LogP contribution in [-0.2, 0) is 12.8 Å². The van der Waals surface area contributed by atoms with Gasteiger partial charge >= 0.3 is 0 Å². The van der Waals surface area contributed by atoms with Crippen LogP contribution in [0.25, 0.3) is 33.0 Å². The summed E-state index contributed by atoms with van der Waals surface area (Å²) in [4.78, 5) is 0.